The molecule has 0 aliphatic heterocycles. The van der Waals surface area contributed by atoms with Gasteiger partial charge in [-0.1, -0.05) is 48.5 Å². The number of carbonyl (C=O) groups is 1. The first-order valence-corrected chi connectivity index (χ1v) is 6.29. The molecule has 0 N–H and O–H groups in total. The Bertz CT molecular complexity index is 588. The van der Waals surface area contributed by atoms with Gasteiger partial charge < -0.3 is 9.47 Å². The van der Waals surface area contributed by atoms with Crippen LogP contribution in [-0.2, 0) is 4.74 Å². The smallest absolute Gasteiger partial charge is 0.189 e. The minimum atomic E-state index is -0.0967. The number of methoxy groups -OCH3 is 1. The maximum absolute atomic E-state index is 12.2. The van der Waals surface area contributed by atoms with Gasteiger partial charge in [-0.15, -0.1) is 0 Å². The van der Waals surface area contributed by atoms with E-state index < -0.39 is 0 Å². The molecule has 20 heavy (non-hydrogen) atoms. The van der Waals surface area contributed by atoms with Gasteiger partial charge in [0.15, 0.2) is 12.6 Å². The molecule has 0 saturated heterocycles. The topological polar surface area (TPSA) is 35.5 Å². The predicted octanol–water partition coefficient (Wildman–Crippen LogP) is 3.57. The van der Waals surface area contributed by atoms with Crippen LogP contribution in [0, 0.1) is 0 Å². The van der Waals surface area contributed by atoms with E-state index in [-0.39, 0.29) is 12.6 Å². The van der Waals surface area contributed by atoms with Gasteiger partial charge in [0.2, 0.25) is 0 Å². The Kier molecular flexibility index (Phi) is 5.09. The molecule has 0 aliphatic carbocycles. The lowest BCUT2D eigenvalue weighted by Crippen LogP contribution is -2.04. The molecule has 0 atom stereocenters. The molecule has 2 rings (SSSR count). The van der Waals surface area contributed by atoms with Gasteiger partial charge in [-0.2, -0.15) is 0 Å². The zero-order chi connectivity index (χ0) is 14.2. The number of hydrogen-bond acceptors (Lipinski definition) is 3. The quantitative estimate of drug-likeness (QED) is 0.456. The summed E-state index contributed by atoms with van der Waals surface area (Å²) in [5.41, 5.74) is 1.51. The highest BCUT2D eigenvalue weighted by atomic mass is 16.7. The highest BCUT2D eigenvalue weighted by Gasteiger charge is 2.08. The summed E-state index contributed by atoms with van der Waals surface area (Å²) in [6, 6.07) is 16.8. The molecule has 102 valence electrons. The van der Waals surface area contributed by atoms with Crippen LogP contribution in [0.25, 0.3) is 6.08 Å². The van der Waals surface area contributed by atoms with E-state index in [4.69, 9.17) is 9.47 Å². The second-order valence-corrected chi connectivity index (χ2v) is 4.16. The van der Waals surface area contributed by atoms with E-state index >= 15 is 0 Å². The Morgan fingerprint density at radius 3 is 2.50 bits per heavy atom. The molecule has 2 aromatic rings. The summed E-state index contributed by atoms with van der Waals surface area (Å²) >= 11 is 0. The van der Waals surface area contributed by atoms with Crippen molar-refractivity contribution in [2.24, 2.45) is 0 Å². The lowest BCUT2D eigenvalue weighted by Gasteiger charge is -2.08. The number of rotatable bonds is 6. The fourth-order valence-corrected chi connectivity index (χ4v) is 1.74. The first-order valence-electron chi connectivity index (χ1n) is 6.29. The number of allylic oxidation sites excluding steroid dienone is 1. The van der Waals surface area contributed by atoms with Crippen LogP contribution in [0.5, 0.6) is 5.75 Å². The van der Waals surface area contributed by atoms with E-state index in [1.807, 2.05) is 42.5 Å². The van der Waals surface area contributed by atoms with Crippen molar-refractivity contribution in [1.29, 1.82) is 0 Å². The third-order valence-corrected chi connectivity index (χ3v) is 2.71. The van der Waals surface area contributed by atoms with Crippen LogP contribution in [0.4, 0.5) is 0 Å². The van der Waals surface area contributed by atoms with Crippen molar-refractivity contribution in [2.75, 3.05) is 13.9 Å². The first-order chi connectivity index (χ1) is 9.81. The van der Waals surface area contributed by atoms with Crippen LogP contribution in [0.3, 0.4) is 0 Å². The van der Waals surface area contributed by atoms with Gasteiger partial charge in [0.05, 0.1) is 5.56 Å². The summed E-state index contributed by atoms with van der Waals surface area (Å²) in [4.78, 5) is 12.2. The summed E-state index contributed by atoms with van der Waals surface area (Å²) < 4.78 is 10.2. The molecule has 2 aromatic carbocycles. The summed E-state index contributed by atoms with van der Waals surface area (Å²) in [5, 5.41) is 0. The molecule has 0 radical (unpaired) electrons. The van der Waals surface area contributed by atoms with Crippen molar-refractivity contribution in [3.05, 3.63) is 71.8 Å². The number of ketones is 1. The Morgan fingerprint density at radius 2 is 1.75 bits per heavy atom. The van der Waals surface area contributed by atoms with E-state index in [2.05, 4.69) is 0 Å². The maximum atomic E-state index is 12.2. The van der Waals surface area contributed by atoms with Gasteiger partial charge in [0.25, 0.3) is 0 Å². The monoisotopic (exact) mass is 268 g/mol. The predicted molar refractivity (Wildman–Crippen MR) is 78.8 cm³/mol. The van der Waals surface area contributed by atoms with Gasteiger partial charge in [0.1, 0.15) is 5.75 Å². The number of para-hydroxylation sites is 1. The van der Waals surface area contributed by atoms with E-state index in [1.165, 1.54) is 0 Å². The highest BCUT2D eigenvalue weighted by molar-refractivity contribution is 6.08. The number of ether oxygens (including phenoxy) is 2. The third kappa shape index (κ3) is 3.80. The molecule has 0 aliphatic rings. The second-order valence-electron chi connectivity index (χ2n) is 4.16. The van der Waals surface area contributed by atoms with Crippen molar-refractivity contribution in [1.82, 2.24) is 0 Å². The normalized spacial score (nSPS) is 10.7. The van der Waals surface area contributed by atoms with E-state index in [0.29, 0.717) is 11.3 Å². The van der Waals surface area contributed by atoms with Crippen LogP contribution < -0.4 is 4.74 Å². The number of hydrogen-bond donors (Lipinski definition) is 0. The van der Waals surface area contributed by atoms with Crippen LogP contribution >= 0.6 is 0 Å². The lowest BCUT2D eigenvalue weighted by atomic mass is 10.1. The summed E-state index contributed by atoms with van der Waals surface area (Å²) in [7, 11) is 1.54. The maximum Gasteiger partial charge on any atom is 0.189 e. The SMILES string of the molecule is COCOc1ccccc1C(=O)C=Cc1ccccc1. The number of carbonyl (C=O) groups excluding carboxylic acids is 1. The van der Waals surface area contributed by atoms with Crippen LogP contribution in [0.15, 0.2) is 60.7 Å². The summed E-state index contributed by atoms with van der Waals surface area (Å²) in [6.07, 6.45) is 3.33. The fraction of sp³-hybridized carbons (Fsp3) is 0.118. The van der Waals surface area contributed by atoms with Crippen molar-refractivity contribution in [2.45, 2.75) is 0 Å². The van der Waals surface area contributed by atoms with E-state index in [1.54, 1.807) is 31.4 Å². The first kappa shape index (κ1) is 14.0. The summed E-state index contributed by atoms with van der Waals surface area (Å²) in [5.74, 6) is 0.428. The Morgan fingerprint density at radius 1 is 1.05 bits per heavy atom. The Labute approximate surface area is 118 Å². The fourth-order valence-electron chi connectivity index (χ4n) is 1.74. The third-order valence-electron chi connectivity index (χ3n) is 2.71. The molecule has 0 fully saturated rings. The van der Waals surface area contributed by atoms with Crippen LogP contribution in [0.2, 0.25) is 0 Å². The van der Waals surface area contributed by atoms with Gasteiger partial charge in [-0.25, -0.2) is 0 Å². The molecule has 0 amide bonds. The largest absolute Gasteiger partial charge is 0.467 e. The molecule has 0 unspecified atom stereocenters. The van der Waals surface area contributed by atoms with Gasteiger partial charge in [-0.3, -0.25) is 4.79 Å². The second kappa shape index (κ2) is 7.26. The van der Waals surface area contributed by atoms with E-state index in [0.717, 1.165) is 5.56 Å². The lowest BCUT2D eigenvalue weighted by molar-refractivity contribution is 0.0504. The molecule has 0 bridgehead atoms. The van der Waals surface area contributed by atoms with Gasteiger partial charge in [0, 0.05) is 7.11 Å². The standard InChI is InChI=1S/C17H16O3/c1-19-13-20-17-10-6-5-9-15(17)16(18)12-11-14-7-3-2-4-8-14/h2-12H,13H2,1H3. The van der Waals surface area contributed by atoms with Crippen molar-refractivity contribution in [3.8, 4) is 5.75 Å². The van der Waals surface area contributed by atoms with Gasteiger partial charge >= 0.3 is 0 Å². The van der Waals surface area contributed by atoms with Crippen molar-refractivity contribution in [3.63, 3.8) is 0 Å². The minimum Gasteiger partial charge on any atom is -0.467 e. The zero-order valence-corrected chi connectivity index (χ0v) is 11.3. The zero-order valence-electron chi connectivity index (χ0n) is 11.3. The molecular weight excluding hydrogens is 252 g/mol. The number of benzene rings is 2. The van der Waals surface area contributed by atoms with Crippen LogP contribution in [0.1, 0.15) is 15.9 Å². The van der Waals surface area contributed by atoms with Crippen molar-refractivity contribution < 1.29 is 14.3 Å². The Hall–Kier alpha value is -2.39. The molecule has 0 saturated carbocycles. The minimum absolute atomic E-state index is 0.0967. The average Bonchev–Trinajstić information content (AvgIpc) is 2.52. The molecule has 0 aromatic heterocycles. The van der Waals surface area contributed by atoms with Crippen LogP contribution in [-0.4, -0.2) is 19.7 Å². The molecule has 3 heteroatoms. The molecule has 0 spiro atoms. The average molecular weight is 268 g/mol. The van der Waals surface area contributed by atoms with Crippen molar-refractivity contribution >= 4 is 11.9 Å². The molecule has 0 heterocycles. The Balaban J connectivity index is 2.15. The highest BCUT2D eigenvalue weighted by Crippen LogP contribution is 2.19. The summed E-state index contributed by atoms with van der Waals surface area (Å²) in [6.45, 7) is 0.118. The van der Waals surface area contributed by atoms with E-state index in [9.17, 15) is 4.79 Å². The molecule has 3 nitrogen and oxygen atoms in total. The van der Waals surface area contributed by atoms with Gasteiger partial charge in [-0.05, 0) is 23.8 Å². The molecular formula is C17H16O3.